The van der Waals surface area contributed by atoms with Gasteiger partial charge in [-0.1, -0.05) is 11.8 Å². The van der Waals surface area contributed by atoms with Gasteiger partial charge in [-0.3, -0.25) is 14.3 Å². The molecule has 9 nitrogen and oxygen atoms in total. The summed E-state index contributed by atoms with van der Waals surface area (Å²) in [6.45, 7) is 4.58. The fourth-order valence-electron chi connectivity index (χ4n) is 3.55. The third-order valence-electron chi connectivity index (χ3n) is 5.18. The molecule has 1 unspecified atom stereocenters. The molecule has 1 atom stereocenters. The van der Waals surface area contributed by atoms with Crippen molar-refractivity contribution in [3.8, 4) is 0 Å². The van der Waals surface area contributed by atoms with Crippen LogP contribution in [0.1, 0.15) is 24.1 Å². The lowest BCUT2D eigenvalue weighted by molar-refractivity contribution is -0.124. The summed E-state index contributed by atoms with van der Waals surface area (Å²) in [5.41, 5.74) is 3.46. The van der Waals surface area contributed by atoms with Crippen molar-refractivity contribution in [1.29, 1.82) is 0 Å². The molecule has 1 aliphatic heterocycles. The number of aryl methyl sites for hydroxylation is 2. The number of carbonyl (C=O) groups is 1. The van der Waals surface area contributed by atoms with E-state index in [2.05, 4.69) is 25.8 Å². The molecule has 0 saturated carbocycles. The third-order valence-corrected chi connectivity index (χ3v) is 6.11. The Kier molecular flexibility index (Phi) is 5.54. The summed E-state index contributed by atoms with van der Waals surface area (Å²) in [5.74, 6) is 1.35. The molecule has 3 N–H and O–H groups in total. The molecule has 10 heteroatoms. The van der Waals surface area contributed by atoms with Crippen molar-refractivity contribution in [2.75, 3.05) is 17.2 Å². The third kappa shape index (κ3) is 4.32. The summed E-state index contributed by atoms with van der Waals surface area (Å²) in [6.07, 6.45) is 5.06. The van der Waals surface area contributed by atoms with Gasteiger partial charge < -0.3 is 15.4 Å². The number of carbonyl (C=O) groups excluding carboxylic acids is 1. The molecule has 1 aromatic carbocycles. The summed E-state index contributed by atoms with van der Waals surface area (Å²) in [7, 11) is 0. The van der Waals surface area contributed by atoms with Gasteiger partial charge in [0.1, 0.15) is 22.6 Å². The first-order valence-corrected chi connectivity index (χ1v) is 11.2. The molecule has 4 aromatic rings. The quantitative estimate of drug-likeness (QED) is 0.381. The molecule has 164 valence electrons. The van der Waals surface area contributed by atoms with Gasteiger partial charge in [0.05, 0.1) is 11.9 Å². The molecule has 5 rings (SSSR count). The van der Waals surface area contributed by atoms with Crippen LogP contribution in [0, 0.1) is 13.8 Å². The molecule has 0 radical (unpaired) electrons. The van der Waals surface area contributed by atoms with E-state index >= 15 is 0 Å². The van der Waals surface area contributed by atoms with E-state index in [0.29, 0.717) is 12.6 Å². The number of H-pyrrole nitrogens is 1. The molecule has 0 bridgehead atoms. The number of hydrogen-bond acceptors (Lipinski definition) is 7. The highest BCUT2D eigenvalue weighted by atomic mass is 32.2. The van der Waals surface area contributed by atoms with Crippen LogP contribution in [0.2, 0.25) is 0 Å². The second-order valence-electron chi connectivity index (χ2n) is 7.70. The van der Waals surface area contributed by atoms with Crippen LogP contribution >= 0.6 is 11.8 Å². The predicted molar refractivity (Wildman–Crippen MR) is 123 cm³/mol. The highest BCUT2D eigenvalue weighted by Crippen LogP contribution is 2.30. The van der Waals surface area contributed by atoms with Gasteiger partial charge >= 0.3 is 0 Å². The first-order valence-electron chi connectivity index (χ1n) is 10.4. The topological polar surface area (TPSA) is 109 Å². The lowest BCUT2D eigenvalue weighted by Crippen LogP contribution is -2.26. The largest absolute Gasteiger partial charge is 0.368 e. The number of aromatic nitrogens is 5. The number of anilines is 3. The number of benzene rings is 1. The standard InChI is InChI=1S/C22H23N7O2S/c1-13-11-23-28-20(13)27-22-26-19(10-18-24-14(2)12-29(18)22)32-16-7-5-15(6-8-16)25-21(30)17-4-3-9-31-17/h5-8,10-12,17H,3-4,9H2,1-2H3,(H,25,30)(H2,23,26,27,28). The lowest BCUT2D eigenvalue weighted by Gasteiger charge is -2.11. The molecule has 1 aliphatic rings. The summed E-state index contributed by atoms with van der Waals surface area (Å²) < 4.78 is 7.36. The average molecular weight is 450 g/mol. The molecule has 32 heavy (non-hydrogen) atoms. The number of aromatic amines is 1. The van der Waals surface area contributed by atoms with E-state index in [1.54, 1.807) is 6.20 Å². The Bertz CT molecular complexity index is 1260. The van der Waals surface area contributed by atoms with Crippen LogP contribution < -0.4 is 10.6 Å². The van der Waals surface area contributed by atoms with Gasteiger partial charge in [-0.05, 0) is 51.0 Å². The molecule has 1 saturated heterocycles. The number of nitrogens with zero attached hydrogens (tertiary/aromatic N) is 4. The summed E-state index contributed by atoms with van der Waals surface area (Å²) in [4.78, 5) is 22.6. The van der Waals surface area contributed by atoms with E-state index in [1.807, 2.05) is 54.8 Å². The van der Waals surface area contributed by atoms with Gasteiger partial charge in [-0.2, -0.15) is 5.10 Å². The second-order valence-corrected chi connectivity index (χ2v) is 8.79. The van der Waals surface area contributed by atoms with E-state index in [9.17, 15) is 4.79 Å². The summed E-state index contributed by atoms with van der Waals surface area (Å²) in [6, 6.07) is 9.66. The fraction of sp³-hybridized carbons (Fsp3) is 0.273. The first kappa shape index (κ1) is 20.5. The minimum Gasteiger partial charge on any atom is -0.368 e. The van der Waals surface area contributed by atoms with Crippen LogP contribution in [0.3, 0.4) is 0 Å². The molecule has 1 amide bonds. The van der Waals surface area contributed by atoms with Gasteiger partial charge in [0.2, 0.25) is 5.95 Å². The highest BCUT2D eigenvalue weighted by Gasteiger charge is 2.23. The molecule has 3 aromatic heterocycles. The van der Waals surface area contributed by atoms with Crippen molar-refractivity contribution in [1.82, 2.24) is 24.6 Å². The van der Waals surface area contributed by atoms with Gasteiger partial charge in [-0.15, -0.1) is 0 Å². The van der Waals surface area contributed by atoms with E-state index in [0.717, 1.165) is 51.2 Å². The Balaban J connectivity index is 1.35. The number of imidazole rings is 1. The maximum absolute atomic E-state index is 12.2. The maximum atomic E-state index is 12.2. The zero-order chi connectivity index (χ0) is 22.1. The fourth-order valence-corrected chi connectivity index (χ4v) is 4.36. The summed E-state index contributed by atoms with van der Waals surface area (Å²) >= 11 is 1.53. The zero-order valence-corrected chi connectivity index (χ0v) is 18.6. The minimum atomic E-state index is -0.345. The van der Waals surface area contributed by atoms with Gasteiger partial charge in [0, 0.05) is 35.0 Å². The highest BCUT2D eigenvalue weighted by molar-refractivity contribution is 7.99. The van der Waals surface area contributed by atoms with Crippen molar-refractivity contribution in [3.63, 3.8) is 0 Å². The lowest BCUT2D eigenvalue weighted by atomic mass is 10.2. The second kappa shape index (κ2) is 8.64. The van der Waals surface area contributed by atoms with Crippen molar-refractivity contribution >= 4 is 40.8 Å². The number of hydrogen-bond donors (Lipinski definition) is 3. The monoisotopic (exact) mass is 449 g/mol. The first-order chi connectivity index (χ1) is 15.5. The minimum absolute atomic E-state index is 0.0884. The average Bonchev–Trinajstić information content (AvgIpc) is 3.51. The van der Waals surface area contributed by atoms with Gasteiger partial charge in [0.25, 0.3) is 5.91 Å². The Morgan fingerprint density at radius 3 is 2.81 bits per heavy atom. The maximum Gasteiger partial charge on any atom is 0.253 e. The smallest absolute Gasteiger partial charge is 0.253 e. The van der Waals surface area contributed by atoms with Gasteiger partial charge in [0.15, 0.2) is 0 Å². The van der Waals surface area contributed by atoms with E-state index in [1.165, 1.54) is 11.8 Å². The molecule has 0 spiro atoms. The van der Waals surface area contributed by atoms with E-state index < -0.39 is 0 Å². The van der Waals surface area contributed by atoms with Crippen molar-refractivity contribution in [2.45, 2.75) is 42.7 Å². The Morgan fingerprint density at radius 1 is 1.25 bits per heavy atom. The van der Waals surface area contributed by atoms with E-state index in [-0.39, 0.29) is 12.0 Å². The SMILES string of the molecule is Cc1cn2c(Nc3[nH]ncc3C)nc(Sc3ccc(NC(=O)C4CCCO4)cc3)cc2n1. The van der Waals surface area contributed by atoms with Crippen LogP contribution in [-0.4, -0.2) is 43.2 Å². The zero-order valence-electron chi connectivity index (χ0n) is 17.8. The number of amides is 1. The molecular formula is C22H23N7O2S. The summed E-state index contributed by atoms with van der Waals surface area (Å²) in [5, 5.41) is 14.1. The molecule has 4 heterocycles. The predicted octanol–water partition coefficient (Wildman–Crippen LogP) is 4.08. The molecular weight excluding hydrogens is 426 g/mol. The van der Waals surface area contributed by atoms with Crippen molar-refractivity contribution < 1.29 is 9.53 Å². The van der Waals surface area contributed by atoms with Crippen LogP contribution in [0.25, 0.3) is 5.65 Å². The van der Waals surface area contributed by atoms with Crippen LogP contribution in [0.5, 0.6) is 0 Å². The molecule has 1 fully saturated rings. The van der Waals surface area contributed by atoms with Crippen LogP contribution in [-0.2, 0) is 9.53 Å². The van der Waals surface area contributed by atoms with Crippen molar-refractivity contribution in [3.05, 3.63) is 54.0 Å². The number of fused-ring (bicyclic) bond motifs is 1. The Morgan fingerprint density at radius 2 is 2.09 bits per heavy atom. The van der Waals surface area contributed by atoms with Crippen LogP contribution in [0.15, 0.2) is 52.6 Å². The van der Waals surface area contributed by atoms with E-state index in [4.69, 9.17) is 9.72 Å². The number of nitrogens with one attached hydrogen (secondary N) is 3. The molecule has 0 aliphatic carbocycles. The van der Waals surface area contributed by atoms with Crippen LogP contribution in [0.4, 0.5) is 17.5 Å². The Labute approximate surface area is 189 Å². The number of rotatable bonds is 6. The Hall–Kier alpha value is -3.37. The van der Waals surface area contributed by atoms with Gasteiger partial charge in [-0.25, -0.2) is 9.97 Å². The van der Waals surface area contributed by atoms with Crippen molar-refractivity contribution in [2.24, 2.45) is 0 Å². The number of ether oxygens (including phenoxy) is 1. The normalized spacial score (nSPS) is 15.9.